The molecule has 0 aliphatic heterocycles. The molecule has 2 aromatic carbocycles. The summed E-state index contributed by atoms with van der Waals surface area (Å²) in [6.45, 7) is 2.29. The zero-order valence-electron chi connectivity index (χ0n) is 22.0. The molecule has 2 aromatic heterocycles. The lowest BCUT2D eigenvalue weighted by molar-refractivity contribution is -0.121. The van der Waals surface area contributed by atoms with E-state index in [0.29, 0.717) is 34.9 Å². The van der Waals surface area contributed by atoms with Gasteiger partial charge >= 0.3 is 5.69 Å². The summed E-state index contributed by atoms with van der Waals surface area (Å²) in [4.78, 5) is 52.1. The fraction of sp³-hybridized carbons (Fsp3) is 0.286. The van der Waals surface area contributed by atoms with Gasteiger partial charge in [-0.25, -0.2) is 4.79 Å². The fourth-order valence-electron chi connectivity index (χ4n) is 4.13. The zero-order chi connectivity index (χ0) is 27.9. The third-order valence-corrected chi connectivity index (χ3v) is 6.16. The molecule has 39 heavy (non-hydrogen) atoms. The standard InChI is InChI=1S/C28H30N4O7/c1-4-11-29-25(33)17-31-22-14-24(38-3)23(37-2)13-21(22)27(35)32(28(31)36)16-18-7-9-19(10-8-18)26(34)30-15-20-6-5-12-39-20/h5-10,12-14H,4,11,15-17H2,1-3H3,(H,29,33)(H,30,34). The van der Waals surface area contributed by atoms with E-state index in [1.165, 1.54) is 37.2 Å². The van der Waals surface area contributed by atoms with Gasteiger partial charge in [0, 0.05) is 18.2 Å². The van der Waals surface area contributed by atoms with Crippen molar-refractivity contribution in [3.05, 3.63) is 92.5 Å². The van der Waals surface area contributed by atoms with Gasteiger partial charge in [-0.2, -0.15) is 0 Å². The normalized spacial score (nSPS) is 10.8. The third-order valence-electron chi connectivity index (χ3n) is 6.16. The maximum absolute atomic E-state index is 13.5. The second kappa shape index (κ2) is 12.2. The number of carbonyl (C=O) groups is 2. The summed E-state index contributed by atoms with van der Waals surface area (Å²) in [5.41, 5.74) is 0.110. The third kappa shape index (κ3) is 6.03. The van der Waals surface area contributed by atoms with Crippen LogP contribution in [0, 0.1) is 0 Å². The van der Waals surface area contributed by atoms with Gasteiger partial charge in [-0.1, -0.05) is 19.1 Å². The van der Waals surface area contributed by atoms with Crippen molar-refractivity contribution < 1.29 is 23.5 Å². The highest BCUT2D eigenvalue weighted by Gasteiger charge is 2.19. The molecule has 0 saturated carbocycles. The van der Waals surface area contributed by atoms with Crippen LogP contribution in [-0.4, -0.2) is 41.7 Å². The van der Waals surface area contributed by atoms with E-state index in [-0.39, 0.29) is 42.4 Å². The van der Waals surface area contributed by atoms with Crippen molar-refractivity contribution in [2.45, 2.75) is 33.0 Å². The summed E-state index contributed by atoms with van der Waals surface area (Å²) in [6, 6.07) is 13.1. The van der Waals surface area contributed by atoms with Gasteiger partial charge in [-0.15, -0.1) is 0 Å². The largest absolute Gasteiger partial charge is 0.493 e. The van der Waals surface area contributed by atoms with Crippen LogP contribution in [0.2, 0.25) is 0 Å². The Kier molecular flexibility index (Phi) is 8.50. The number of rotatable bonds is 11. The minimum Gasteiger partial charge on any atom is -0.493 e. The van der Waals surface area contributed by atoms with Crippen molar-refractivity contribution in [3.8, 4) is 11.5 Å². The Labute approximate surface area is 224 Å². The minimum absolute atomic E-state index is 0.0627. The number of hydrogen-bond acceptors (Lipinski definition) is 7. The predicted molar refractivity (Wildman–Crippen MR) is 144 cm³/mol. The van der Waals surface area contributed by atoms with E-state index in [0.717, 1.165) is 11.0 Å². The van der Waals surface area contributed by atoms with Crippen molar-refractivity contribution in [1.29, 1.82) is 0 Å². The van der Waals surface area contributed by atoms with Crippen LogP contribution in [0.5, 0.6) is 11.5 Å². The Morgan fingerprint density at radius 2 is 1.67 bits per heavy atom. The molecule has 11 heteroatoms. The van der Waals surface area contributed by atoms with E-state index in [2.05, 4.69) is 10.6 Å². The topological polar surface area (TPSA) is 134 Å². The van der Waals surface area contributed by atoms with Gasteiger partial charge in [-0.05, 0) is 42.3 Å². The molecule has 2 amide bonds. The van der Waals surface area contributed by atoms with Crippen molar-refractivity contribution in [2.24, 2.45) is 0 Å². The van der Waals surface area contributed by atoms with Gasteiger partial charge in [0.25, 0.3) is 11.5 Å². The summed E-state index contributed by atoms with van der Waals surface area (Å²) in [5, 5.41) is 5.72. The van der Waals surface area contributed by atoms with E-state index in [4.69, 9.17) is 13.9 Å². The Balaban J connectivity index is 1.68. The number of amides is 2. The molecule has 0 fully saturated rings. The smallest absolute Gasteiger partial charge is 0.332 e. The number of nitrogens with one attached hydrogen (secondary N) is 2. The van der Waals surface area contributed by atoms with Crippen LogP contribution in [0.4, 0.5) is 0 Å². The number of furan rings is 1. The maximum Gasteiger partial charge on any atom is 0.332 e. The molecule has 0 unspecified atom stereocenters. The Hall–Kier alpha value is -4.80. The van der Waals surface area contributed by atoms with Crippen LogP contribution in [0.1, 0.15) is 35.0 Å². The van der Waals surface area contributed by atoms with Crippen LogP contribution < -0.4 is 31.4 Å². The molecule has 0 atom stereocenters. The number of benzene rings is 2. The molecule has 4 aromatic rings. The molecular weight excluding hydrogens is 504 g/mol. The first-order chi connectivity index (χ1) is 18.9. The van der Waals surface area contributed by atoms with E-state index in [9.17, 15) is 19.2 Å². The first-order valence-electron chi connectivity index (χ1n) is 12.4. The van der Waals surface area contributed by atoms with E-state index in [1.807, 2.05) is 6.92 Å². The summed E-state index contributed by atoms with van der Waals surface area (Å²) in [6.07, 6.45) is 2.27. The SMILES string of the molecule is CCCNC(=O)Cn1c(=O)n(Cc2ccc(C(=O)NCc3ccco3)cc2)c(=O)c2cc(OC)c(OC)cc21. The van der Waals surface area contributed by atoms with Gasteiger partial charge in [-0.3, -0.25) is 23.5 Å². The van der Waals surface area contributed by atoms with E-state index in [1.54, 1.807) is 36.4 Å². The molecule has 0 saturated heterocycles. The van der Waals surface area contributed by atoms with Gasteiger partial charge < -0.3 is 24.5 Å². The monoisotopic (exact) mass is 534 g/mol. The number of ether oxygens (including phenoxy) is 2. The number of hydrogen-bond donors (Lipinski definition) is 2. The fourth-order valence-corrected chi connectivity index (χ4v) is 4.13. The number of nitrogens with zero attached hydrogens (tertiary/aromatic N) is 2. The minimum atomic E-state index is -0.647. The summed E-state index contributed by atoms with van der Waals surface area (Å²) in [5.74, 6) is 0.626. The lowest BCUT2D eigenvalue weighted by atomic mass is 10.1. The molecule has 2 heterocycles. The van der Waals surface area contributed by atoms with Gasteiger partial charge in [0.05, 0.1) is 44.5 Å². The Morgan fingerprint density at radius 1 is 0.949 bits per heavy atom. The van der Waals surface area contributed by atoms with E-state index >= 15 is 0 Å². The highest BCUT2D eigenvalue weighted by Crippen LogP contribution is 2.30. The predicted octanol–water partition coefficient (Wildman–Crippen LogP) is 2.28. The van der Waals surface area contributed by atoms with Crippen LogP contribution in [0.15, 0.2) is 68.8 Å². The summed E-state index contributed by atoms with van der Waals surface area (Å²) < 4.78 is 18.2. The molecule has 11 nitrogen and oxygen atoms in total. The van der Waals surface area contributed by atoms with Crippen molar-refractivity contribution >= 4 is 22.7 Å². The maximum atomic E-state index is 13.5. The molecule has 204 valence electrons. The first kappa shape index (κ1) is 27.2. The number of fused-ring (bicyclic) bond motifs is 1. The quantitative estimate of drug-likeness (QED) is 0.302. The average molecular weight is 535 g/mol. The van der Waals surface area contributed by atoms with Gasteiger partial charge in [0.1, 0.15) is 12.3 Å². The van der Waals surface area contributed by atoms with Crippen LogP contribution in [0.3, 0.4) is 0 Å². The van der Waals surface area contributed by atoms with Crippen molar-refractivity contribution in [2.75, 3.05) is 20.8 Å². The van der Waals surface area contributed by atoms with E-state index < -0.39 is 11.2 Å². The zero-order valence-corrected chi connectivity index (χ0v) is 22.0. The number of methoxy groups -OCH3 is 2. The van der Waals surface area contributed by atoms with Crippen molar-refractivity contribution in [1.82, 2.24) is 19.8 Å². The second-order valence-corrected chi connectivity index (χ2v) is 8.79. The lowest BCUT2D eigenvalue weighted by Gasteiger charge is -2.16. The molecule has 0 aliphatic rings. The van der Waals surface area contributed by atoms with Crippen LogP contribution >= 0.6 is 0 Å². The van der Waals surface area contributed by atoms with Crippen molar-refractivity contribution in [3.63, 3.8) is 0 Å². The molecule has 0 radical (unpaired) electrons. The molecule has 0 spiro atoms. The van der Waals surface area contributed by atoms with Gasteiger partial charge in [0.2, 0.25) is 5.91 Å². The second-order valence-electron chi connectivity index (χ2n) is 8.79. The number of aromatic nitrogens is 2. The average Bonchev–Trinajstić information content (AvgIpc) is 3.48. The van der Waals surface area contributed by atoms with Crippen LogP contribution in [0.25, 0.3) is 10.9 Å². The van der Waals surface area contributed by atoms with Gasteiger partial charge in [0.15, 0.2) is 11.5 Å². The molecule has 4 rings (SSSR count). The molecule has 0 bridgehead atoms. The first-order valence-corrected chi connectivity index (χ1v) is 12.4. The lowest BCUT2D eigenvalue weighted by Crippen LogP contribution is -2.43. The van der Waals surface area contributed by atoms with Crippen LogP contribution in [-0.2, 0) is 24.4 Å². The Bertz CT molecular complexity index is 1590. The number of carbonyl (C=O) groups excluding carboxylic acids is 2. The molecule has 2 N–H and O–H groups in total. The molecule has 0 aliphatic carbocycles. The highest BCUT2D eigenvalue weighted by molar-refractivity contribution is 5.94. The molecular formula is C28H30N4O7. The Morgan fingerprint density at radius 3 is 2.31 bits per heavy atom. The highest BCUT2D eigenvalue weighted by atomic mass is 16.5. The summed E-state index contributed by atoms with van der Waals surface area (Å²) in [7, 11) is 2.89. The summed E-state index contributed by atoms with van der Waals surface area (Å²) >= 11 is 0.